The van der Waals surface area contributed by atoms with Crippen molar-refractivity contribution in [3.63, 3.8) is 0 Å². The Balaban J connectivity index is 1.58. The molecule has 1 aromatic carbocycles. The number of carbonyl (C=O) groups excluding carboxylic acids is 1. The highest BCUT2D eigenvalue weighted by Gasteiger charge is 2.33. The second kappa shape index (κ2) is 6.64. The van der Waals surface area contributed by atoms with Gasteiger partial charge in [0.1, 0.15) is 5.76 Å². The number of aromatic amines is 1. The van der Waals surface area contributed by atoms with Gasteiger partial charge in [-0.05, 0) is 49.2 Å². The fourth-order valence-corrected chi connectivity index (χ4v) is 3.48. The summed E-state index contributed by atoms with van der Waals surface area (Å²) < 4.78 is 44.3. The molecule has 1 atom stereocenters. The summed E-state index contributed by atoms with van der Waals surface area (Å²) in [6.45, 7) is 0.613. The van der Waals surface area contributed by atoms with Crippen LogP contribution in [0, 0.1) is 0 Å². The third-order valence-corrected chi connectivity index (χ3v) is 4.79. The maximum absolute atomic E-state index is 12.9. The quantitative estimate of drug-likeness (QED) is 0.679. The predicted octanol–water partition coefficient (Wildman–Crippen LogP) is 5.27. The molecule has 2 aromatic heterocycles. The van der Waals surface area contributed by atoms with E-state index in [2.05, 4.69) is 4.98 Å². The zero-order valence-corrected chi connectivity index (χ0v) is 14.3. The van der Waals surface area contributed by atoms with Gasteiger partial charge in [-0.15, -0.1) is 0 Å². The molecule has 0 saturated carbocycles. The van der Waals surface area contributed by atoms with Gasteiger partial charge >= 0.3 is 6.18 Å². The van der Waals surface area contributed by atoms with Gasteiger partial charge in [0.25, 0.3) is 5.91 Å². The third-order valence-electron chi connectivity index (χ3n) is 4.79. The summed E-state index contributed by atoms with van der Waals surface area (Å²) in [5, 5.41) is 0. The normalized spacial score (nSPS) is 17.4. The van der Waals surface area contributed by atoms with Crippen LogP contribution in [0.3, 0.4) is 0 Å². The van der Waals surface area contributed by atoms with E-state index in [1.54, 1.807) is 4.90 Å². The van der Waals surface area contributed by atoms with E-state index in [1.165, 1.54) is 24.3 Å². The Morgan fingerprint density at radius 1 is 1.15 bits per heavy atom. The lowest BCUT2D eigenvalue weighted by atomic mass is 10.1. The van der Waals surface area contributed by atoms with E-state index in [0.717, 1.165) is 30.7 Å². The average molecular weight is 374 g/mol. The summed E-state index contributed by atoms with van der Waals surface area (Å²) in [5.74, 6) is 0.103. The number of benzene rings is 1. The maximum Gasteiger partial charge on any atom is 0.416 e. The Morgan fingerprint density at radius 3 is 2.74 bits per heavy atom. The van der Waals surface area contributed by atoms with Crippen LogP contribution >= 0.6 is 0 Å². The molecule has 0 radical (unpaired) electrons. The number of halogens is 3. The number of alkyl halides is 3. The molecule has 0 bridgehead atoms. The first-order valence-electron chi connectivity index (χ1n) is 8.65. The summed E-state index contributed by atoms with van der Waals surface area (Å²) in [6.07, 6.45) is -0.876. The van der Waals surface area contributed by atoms with Crippen molar-refractivity contribution in [2.75, 3.05) is 6.54 Å². The zero-order valence-electron chi connectivity index (χ0n) is 14.3. The highest BCUT2D eigenvalue weighted by atomic mass is 19.4. The predicted molar refractivity (Wildman–Crippen MR) is 93.0 cm³/mol. The Morgan fingerprint density at radius 2 is 2.00 bits per heavy atom. The van der Waals surface area contributed by atoms with Gasteiger partial charge in [-0.25, -0.2) is 0 Å². The van der Waals surface area contributed by atoms with Crippen LogP contribution in [0.25, 0.3) is 11.3 Å². The van der Waals surface area contributed by atoms with Crippen LogP contribution in [0.2, 0.25) is 0 Å². The van der Waals surface area contributed by atoms with Crippen molar-refractivity contribution in [3.05, 3.63) is 71.7 Å². The number of furan rings is 1. The minimum atomic E-state index is -4.43. The molecule has 1 saturated heterocycles. The molecule has 4 rings (SSSR count). The zero-order chi connectivity index (χ0) is 19.0. The molecule has 3 aromatic rings. The number of hydrogen-bond acceptors (Lipinski definition) is 2. The van der Waals surface area contributed by atoms with Crippen LogP contribution < -0.4 is 0 Å². The first-order chi connectivity index (χ1) is 12.9. The van der Waals surface area contributed by atoms with Gasteiger partial charge in [-0.2, -0.15) is 13.2 Å². The lowest BCUT2D eigenvalue weighted by Gasteiger charge is -2.23. The number of amides is 1. The molecule has 0 unspecified atom stereocenters. The number of likely N-dealkylation sites (tertiary alicyclic amines) is 1. The Kier molecular flexibility index (Phi) is 4.30. The largest absolute Gasteiger partial charge is 0.451 e. The van der Waals surface area contributed by atoms with E-state index in [9.17, 15) is 18.0 Å². The molecule has 0 aliphatic carbocycles. The molecule has 1 aliphatic heterocycles. The Labute approximate surface area is 153 Å². The van der Waals surface area contributed by atoms with Crippen LogP contribution in [0.1, 0.15) is 40.7 Å². The number of aromatic nitrogens is 1. The number of nitrogens with one attached hydrogen (secondary N) is 1. The minimum absolute atomic E-state index is 0.0467. The topological polar surface area (TPSA) is 49.2 Å². The van der Waals surface area contributed by atoms with E-state index in [1.807, 2.05) is 18.3 Å². The van der Waals surface area contributed by atoms with E-state index in [0.29, 0.717) is 6.54 Å². The molecule has 3 heterocycles. The van der Waals surface area contributed by atoms with E-state index < -0.39 is 11.7 Å². The van der Waals surface area contributed by atoms with Crippen molar-refractivity contribution in [1.82, 2.24) is 9.88 Å². The van der Waals surface area contributed by atoms with Crippen LogP contribution in [-0.4, -0.2) is 22.3 Å². The molecule has 7 heteroatoms. The molecule has 140 valence electrons. The second-order valence-corrected chi connectivity index (χ2v) is 6.52. The molecule has 1 fully saturated rings. The molecule has 1 N–H and O–H groups in total. The van der Waals surface area contributed by atoms with Gasteiger partial charge in [0.15, 0.2) is 5.76 Å². The fourth-order valence-electron chi connectivity index (χ4n) is 3.48. The summed E-state index contributed by atoms with van der Waals surface area (Å²) in [6, 6.07) is 11.7. The van der Waals surface area contributed by atoms with E-state index >= 15 is 0 Å². The van der Waals surface area contributed by atoms with Crippen LogP contribution in [0.15, 0.2) is 59.1 Å². The first kappa shape index (κ1) is 17.5. The van der Waals surface area contributed by atoms with E-state index in [4.69, 9.17) is 4.42 Å². The van der Waals surface area contributed by atoms with Gasteiger partial charge < -0.3 is 14.3 Å². The number of nitrogens with zero attached hydrogens (tertiary/aromatic N) is 1. The Bertz CT molecular complexity index is 944. The smallest absolute Gasteiger partial charge is 0.416 e. The molecule has 0 spiro atoms. The molecule has 1 aliphatic rings. The summed E-state index contributed by atoms with van der Waals surface area (Å²) >= 11 is 0. The van der Waals surface area contributed by atoms with Crippen molar-refractivity contribution in [2.24, 2.45) is 0 Å². The summed E-state index contributed by atoms with van der Waals surface area (Å²) in [7, 11) is 0. The highest BCUT2D eigenvalue weighted by Crippen LogP contribution is 2.35. The Hall–Kier alpha value is -2.96. The van der Waals surface area contributed by atoms with Gasteiger partial charge in [-0.1, -0.05) is 12.1 Å². The van der Waals surface area contributed by atoms with Crippen molar-refractivity contribution in [2.45, 2.75) is 25.1 Å². The molecule has 4 nitrogen and oxygen atoms in total. The lowest BCUT2D eigenvalue weighted by Crippen LogP contribution is -2.30. The summed E-state index contributed by atoms with van der Waals surface area (Å²) in [4.78, 5) is 17.7. The van der Waals surface area contributed by atoms with Crippen molar-refractivity contribution in [1.29, 1.82) is 0 Å². The van der Waals surface area contributed by atoms with Crippen LogP contribution in [-0.2, 0) is 6.18 Å². The third kappa shape index (κ3) is 3.37. The number of H-pyrrole nitrogens is 1. The lowest BCUT2D eigenvalue weighted by molar-refractivity contribution is -0.137. The molecule has 1 amide bonds. The number of carbonyl (C=O) groups is 1. The van der Waals surface area contributed by atoms with Crippen LogP contribution in [0.5, 0.6) is 0 Å². The van der Waals surface area contributed by atoms with Crippen molar-refractivity contribution >= 4 is 5.91 Å². The minimum Gasteiger partial charge on any atom is -0.451 e. The van der Waals surface area contributed by atoms with Gasteiger partial charge in [-0.3, -0.25) is 4.79 Å². The SMILES string of the molecule is O=C(c1ccc(-c2cccc(C(F)(F)F)c2)o1)N1CCC[C@H]1c1ccc[nH]1. The standard InChI is InChI=1S/C20H17F3N2O2/c21-20(22,23)14-5-1-4-13(12-14)17-8-9-18(27-17)19(26)25-11-3-7-16(25)15-6-2-10-24-15/h1-2,4-6,8-10,12,16,24H,3,7,11H2/t16-/m0/s1. The molecule has 27 heavy (non-hydrogen) atoms. The number of hydrogen-bond donors (Lipinski definition) is 1. The van der Waals surface area contributed by atoms with Gasteiger partial charge in [0.05, 0.1) is 11.6 Å². The maximum atomic E-state index is 12.9. The van der Waals surface area contributed by atoms with Gasteiger partial charge in [0.2, 0.25) is 0 Å². The van der Waals surface area contributed by atoms with Crippen LogP contribution in [0.4, 0.5) is 13.2 Å². The van der Waals surface area contributed by atoms with E-state index in [-0.39, 0.29) is 29.0 Å². The van der Waals surface area contributed by atoms with Gasteiger partial charge in [0, 0.05) is 24.0 Å². The first-order valence-corrected chi connectivity index (χ1v) is 8.65. The van der Waals surface area contributed by atoms with Crippen molar-refractivity contribution in [3.8, 4) is 11.3 Å². The summed E-state index contributed by atoms with van der Waals surface area (Å²) in [5.41, 5.74) is 0.493. The molecular weight excluding hydrogens is 357 g/mol. The van der Waals surface area contributed by atoms with Crippen molar-refractivity contribution < 1.29 is 22.4 Å². The monoisotopic (exact) mass is 374 g/mol. The highest BCUT2D eigenvalue weighted by molar-refractivity contribution is 5.92. The second-order valence-electron chi connectivity index (χ2n) is 6.52. The average Bonchev–Trinajstić information content (AvgIpc) is 3.41. The number of rotatable bonds is 3. The fraction of sp³-hybridized carbons (Fsp3) is 0.250. The molecular formula is C20H17F3N2O2.